The predicted molar refractivity (Wildman–Crippen MR) is 84.0 cm³/mol. The first-order chi connectivity index (χ1) is 10.0. The highest BCUT2D eigenvalue weighted by Gasteiger charge is 2.65. The molecule has 1 aliphatic heterocycles. The second-order valence-electron chi connectivity index (χ2n) is 8.36. The van der Waals surface area contributed by atoms with E-state index in [1.165, 1.54) is 4.31 Å². The van der Waals surface area contributed by atoms with E-state index in [1.54, 1.807) is 0 Å². The molecule has 126 valence electrons. The molecule has 0 spiro atoms. The fraction of sp³-hybridized carbons (Fsp3) is 0.938. The van der Waals surface area contributed by atoms with Crippen molar-refractivity contribution in [3.63, 3.8) is 0 Å². The number of hydrogen-bond donors (Lipinski definition) is 0. The number of carbonyl (C=O) groups is 1. The van der Waals surface area contributed by atoms with Crippen LogP contribution in [0.5, 0.6) is 0 Å². The van der Waals surface area contributed by atoms with E-state index in [1.807, 2.05) is 13.8 Å². The number of fused-ring (bicyclic) bond motifs is 2. The lowest BCUT2D eigenvalue weighted by Gasteiger charge is -2.41. The average Bonchev–Trinajstić information content (AvgIpc) is 2.71. The van der Waals surface area contributed by atoms with Gasteiger partial charge in [-0.15, -0.1) is 0 Å². The second kappa shape index (κ2) is 4.77. The molecule has 2 atom stereocenters. The molecule has 22 heavy (non-hydrogen) atoms. The molecule has 0 aromatic rings. The number of morpholine rings is 1. The molecule has 0 aromatic heterocycles. The van der Waals surface area contributed by atoms with E-state index in [9.17, 15) is 13.2 Å². The van der Waals surface area contributed by atoms with Gasteiger partial charge < -0.3 is 4.74 Å². The molecule has 0 N–H and O–H groups in total. The van der Waals surface area contributed by atoms with Gasteiger partial charge in [-0.3, -0.25) is 4.79 Å². The molecule has 3 rings (SSSR count). The van der Waals surface area contributed by atoms with Crippen LogP contribution in [0.25, 0.3) is 0 Å². The lowest BCUT2D eigenvalue weighted by molar-refractivity contribution is -0.128. The minimum atomic E-state index is -3.45. The summed E-state index contributed by atoms with van der Waals surface area (Å²) in [6.45, 7) is 9.14. The Hall–Kier alpha value is -0.460. The smallest absolute Gasteiger partial charge is 0.215 e. The molecule has 3 fully saturated rings. The highest BCUT2D eigenvalue weighted by molar-refractivity contribution is 7.89. The molecule has 0 amide bonds. The summed E-state index contributed by atoms with van der Waals surface area (Å²) >= 11 is 0. The van der Waals surface area contributed by atoms with E-state index in [0.29, 0.717) is 32.0 Å². The van der Waals surface area contributed by atoms with Gasteiger partial charge in [0.1, 0.15) is 5.78 Å². The van der Waals surface area contributed by atoms with Crippen molar-refractivity contribution in [1.82, 2.24) is 4.31 Å². The molecule has 1 saturated heterocycles. The highest BCUT2D eigenvalue weighted by Crippen LogP contribution is 2.64. The Kier molecular flexibility index (Phi) is 3.56. The topological polar surface area (TPSA) is 63.7 Å². The lowest BCUT2D eigenvalue weighted by atomic mass is 9.70. The number of rotatable bonds is 3. The first kappa shape index (κ1) is 16.4. The summed E-state index contributed by atoms with van der Waals surface area (Å²) in [6.07, 6.45) is 2.25. The van der Waals surface area contributed by atoms with Gasteiger partial charge in [-0.2, -0.15) is 4.31 Å². The van der Waals surface area contributed by atoms with Crippen molar-refractivity contribution in [2.75, 3.05) is 25.4 Å². The third-order valence-electron chi connectivity index (χ3n) is 6.35. The maximum absolute atomic E-state index is 13.0. The summed E-state index contributed by atoms with van der Waals surface area (Å²) in [5, 5.41) is 0. The van der Waals surface area contributed by atoms with Crippen LogP contribution < -0.4 is 0 Å². The van der Waals surface area contributed by atoms with Gasteiger partial charge in [0.2, 0.25) is 10.0 Å². The number of Topliss-reactive ketones (excluding diaryl/α,β-unsaturated/α-hetero) is 1. The Morgan fingerprint density at radius 1 is 1.27 bits per heavy atom. The van der Waals surface area contributed by atoms with Gasteiger partial charge in [-0.05, 0) is 38.0 Å². The molecule has 0 unspecified atom stereocenters. The van der Waals surface area contributed by atoms with Crippen molar-refractivity contribution < 1.29 is 17.9 Å². The Balaban J connectivity index is 1.87. The number of nitrogens with zero attached hydrogens (tertiary/aromatic N) is 1. The molecule has 5 nitrogen and oxygen atoms in total. The summed E-state index contributed by atoms with van der Waals surface area (Å²) in [5.74, 6) is 0.472. The largest absolute Gasteiger partial charge is 0.373 e. The second-order valence-corrected chi connectivity index (χ2v) is 10.3. The van der Waals surface area contributed by atoms with Gasteiger partial charge in [0.05, 0.1) is 18.0 Å². The van der Waals surface area contributed by atoms with Crippen LogP contribution in [0.2, 0.25) is 0 Å². The SMILES string of the molecule is CC1(C)CN(S(=O)(=O)C[C@]23CC[C@@H](CC2=O)C3(C)C)CCO1. The molecule has 2 bridgehead atoms. The monoisotopic (exact) mass is 329 g/mol. The van der Waals surface area contributed by atoms with Crippen LogP contribution in [0.15, 0.2) is 0 Å². The van der Waals surface area contributed by atoms with Crippen molar-refractivity contribution in [3.05, 3.63) is 0 Å². The van der Waals surface area contributed by atoms with E-state index in [2.05, 4.69) is 13.8 Å². The van der Waals surface area contributed by atoms with Crippen LogP contribution in [-0.4, -0.2) is 49.6 Å². The first-order valence-electron chi connectivity index (χ1n) is 8.15. The van der Waals surface area contributed by atoms with E-state index >= 15 is 0 Å². The van der Waals surface area contributed by atoms with Crippen LogP contribution in [0.1, 0.15) is 47.0 Å². The molecular weight excluding hydrogens is 302 g/mol. The maximum atomic E-state index is 13.0. The summed E-state index contributed by atoms with van der Waals surface area (Å²) in [6, 6.07) is 0. The van der Waals surface area contributed by atoms with Crippen LogP contribution in [0.4, 0.5) is 0 Å². The van der Waals surface area contributed by atoms with Crippen LogP contribution in [-0.2, 0) is 19.6 Å². The zero-order chi connectivity index (χ0) is 16.4. The first-order valence-corrected chi connectivity index (χ1v) is 9.76. The lowest BCUT2D eigenvalue weighted by Crippen LogP contribution is -2.54. The standard InChI is InChI=1S/C16H27NO4S/c1-14(2)10-17(7-8-21-14)22(19,20)11-16-6-5-12(9-13(16)18)15(16,3)4/h12H,5-11H2,1-4H3/t12-,16+/m0/s1. The molecule has 2 saturated carbocycles. The Bertz CT molecular complexity index is 595. The molecule has 0 aromatic carbocycles. The quantitative estimate of drug-likeness (QED) is 0.792. The zero-order valence-corrected chi connectivity index (χ0v) is 14.8. The highest BCUT2D eigenvalue weighted by atomic mass is 32.2. The minimum Gasteiger partial charge on any atom is -0.373 e. The normalized spacial score (nSPS) is 37.6. The van der Waals surface area contributed by atoms with Gasteiger partial charge in [-0.25, -0.2) is 8.42 Å². The predicted octanol–water partition coefficient (Wildman–Crippen LogP) is 1.82. The molecule has 2 aliphatic carbocycles. The number of ether oxygens (including phenoxy) is 1. The fourth-order valence-electron chi connectivity index (χ4n) is 4.72. The van der Waals surface area contributed by atoms with E-state index in [-0.39, 0.29) is 17.0 Å². The van der Waals surface area contributed by atoms with Gasteiger partial charge in [0.25, 0.3) is 0 Å². The van der Waals surface area contributed by atoms with Crippen molar-refractivity contribution >= 4 is 15.8 Å². The Morgan fingerprint density at radius 3 is 2.45 bits per heavy atom. The summed E-state index contributed by atoms with van der Waals surface area (Å²) in [5.41, 5.74) is -1.35. The Labute approximate surface area is 133 Å². The fourth-order valence-corrected chi connectivity index (χ4v) is 7.06. The third-order valence-corrected chi connectivity index (χ3v) is 8.31. The average molecular weight is 329 g/mol. The molecule has 0 radical (unpaired) electrons. The van der Waals surface area contributed by atoms with Gasteiger partial charge in [-0.1, -0.05) is 13.8 Å². The third kappa shape index (κ3) is 2.26. The van der Waals surface area contributed by atoms with E-state index in [4.69, 9.17) is 4.74 Å². The van der Waals surface area contributed by atoms with Crippen molar-refractivity contribution in [1.29, 1.82) is 0 Å². The van der Waals surface area contributed by atoms with E-state index in [0.717, 1.165) is 12.8 Å². The maximum Gasteiger partial charge on any atom is 0.215 e. The summed E-state index contributed by atoms with van der Waals surface area (Å²) in [4.78, 5) is 12.6. The van der Waals surface area contributed by atoms with Crippen molar-refractivity contribution in [2.24, 2.45) is 16.7 Å². The van der Waals surface area contributed by atoms with Crippen LogP contribution >= 0.6 is 0 Å². The molecular formula is C16H27NO4S. The molecule has 6 heteroatoms. The Morgan fingerprint density at radius 2 is 1.95 bits per heavy atom. The molecule has 3 aliphatic rings. The number of hydrogen-bond acceptors (Lipinski definition) is 4. The summed E-state index contributed by atoms with van der Waals surface area (Å²) in [7, 11) is -3.45. The number of sulfonamides is 1. The van der Waals surface area contributed by atoms with Crippen molar-refractivity contribution in [2.45, 2.75) is 52.6 Å². The van der Waals surface area contributed by atoms with Crippen LogP contribution in [0, 0.1) is 16.7 Å². The van der Waals surface area contributed by atoms with Gasteiger partial charge in [0, 0.05) is 24.9 Å². The number of ketones is 1. The number of carbonyl (C=O) groups excluding carboxylic acids is 1. The minimum absolute atomic E-state index is 0.0294. The van der Waals surface area contributed by atoms with Crippen LogP contribution in [0.3, 0.4) is 0 Å². The van der Waals surface area contributed by atoms with Gasteiger partial charge in [0.15, 0.2) is 0 Å². The zero-order valence-electron chi connectivity index (χ0n) is 14.0. The summed E-state index contributed by atoms with van der Waals surface area (Å²) < 4.78 is 33.1. The van der Waals surface area contributed by atoms with Gasteiger partial charge >= 0.3 is 0 Å². The van der Waals surface area contributed by atoms with E-state index < -0.39 is 21.0 Å². The van der Waals surface area contributed by atoms with Crippen molar-refractivity contribution in [3.8, 4) is 0 Å². The molecule has 1 heterocycles.